The fraction of sp³-hybridized carbons (Fsp3) is 0.250. The minimum Gasteiger partial charge on any atom is -0.452 e. The normalized spacial score (nSPS) is 14.1. The van der Waals surface area contributed by atoms with Gasteiger partial charge in [0.2, 0.25) is 0 Å². The maximum absolute atomic E-state index is 11.8. The van der Waals surface area contributed by atoms with Crippen LogP contribution in [0.15, 0.2) is 18.2 Å². The Hall–Kier alpha value is -1.79. The number of cyclic esters (lactones) is 1. The van der Waals surface area contributed by atoms with Crippen molar-refractivity contribution in [2.45, 2.75) is 0 Å². The molecule has 106 valence electrons. The molecule has 0 aliphatic carbocycles. The van der Waals surface area contributed by atoms with Gasteiger partial charge in [0.1, 0.15) is 6.61 Å². The highest BCUT2D eigenvalue weighted by atomic mass is 35.5. The Morgan fingerprint density at radius 1 is 1.35 bits per heavy atom. The van der Waals surface area contributed by atoms with Crippen LogP contribution in [0.4, 0.5) is 4.79 Å². The van der Waals surface area contributed by atoms with Gasteiger partial charge in [-0.25, -0.2) is 14.5 Å². The number of hydrogen-bond donors (Lipinski definition) is 0. The van der Waals surface area contributed by atoms with Crippen LogP contribution in [0.1, 0.15) is 10.4 Å². The number of hydrogen-bond acceptors (Lipinski definition) is 5. The molecule has 0 unspecified atom stereocenters. The molecule has 1 aliphatic rings. The maximum Gasteiger partial charge on any atom is 0.416 e. The Balaban J connectivity index is 1.97. The maximum atomic E-state index is 11.8. The molecule has 8 heteroatoms. The molecule has 2 rings (SSSR count). The van der Waals surface area contributed by atoms with Gasteiger partial charge in [-0.15, -0.1) is 0 Å². The van der Waals surface area contributed by atoms with Crippen molar-refractivity contribution in [1.29, 1.82) is 0 Å². The lowest BCUT2D eigenvalue weighted by Crippen LogP contribution is -2.35. The minimum atomic E-state index is -0.793. The van der Waals surface area contributed by atoms with E-state index in [9.17, 15) is 14.4 Å². The van der Waals surface area contributed by atoms with Crippen LogP contribution in [0.3, 0.4) is 0 Å². The number of imide groups is 1. The molecular weight excluding hydrogens is 309 g/mol. The van der Waals surface area contributed by atoms with Gasteiger partial charge in [-0.05, 0) is 12.1 Å². The summed E-state index contributed by atoms with van der Waals surface area (Å²) in [5.41, 5.74) is 0.0518. The number of amides is 2. The molecule has 6 nitrogen and oxygen atoms in total. The lowest BCUT2D eigenvalue weighted by Gasteiger charge is -2.11. The highest BCUT2D eigenvalue weighted by molar-refractivity contribution is 6.43. The van der Waals surface area contributed by atoms with Gasteiger partial charge in [-0.2, -0.15) is 0 Å². The standard InChI is InChI=1S/C12H9Cl2NO5/c13-8-3-1-2-7(10(8)14)11(17)20-6-9(16)15-4-5-19-12(15)18/h1-3H,4-6H2. The SMILES string of the molecule is O=C(OCC(=O)N1CCOC1=O)c1cccc(Cl)c1Cl. The van der Waals surface area contributed by atoms with Gasteiger partial charge in [0.25, 0.3) is 5.91 Å². The summed E-state index contributed by atoms with van der Waals surface area (Å²) in [4.78, 5) is 35.4. The van der Waals surface area contributed by atoms with Crippen molar-refractivity contribution in [3.05, 3.63) is 33.8 Å². The van der Waals surface area contributed by atoms with Gasteiger partial charge in [0.15, 0.2) is 6.61 Å². The molecule has 2 amide bonds. The Bertz CT molecular complexity index is 575. The highest BCUT2D eigenvalue weighted by Gasteiger charge is 2.29. The zero-order valence-corrected chi connectivity index (χ0v) is 11.6. The van der Waals surface area contributed by atoms with Gasteiger partial charge >= 0.3 is 12.1 Å². The van der Waals surface area contributed by atoms with E-state index in [4.69, 9.17) is 27.9 Å². The number of ether oxygens (including phenoxy) is 2. The van der Waals surface area contributed by atoms with E-state index < -0.39 is 24.6 Å². The first-order valence-electron chi connectivity index (χ1n) is 5.59. The van der Waals surface area contributed by atoms with Crippen molar-refractivity contribution in [2.24, 2.45) is 0 Å². The molecule has 1 aromatic rings. The molecule has 1 aromatic carbocycles. The lowest BCUT2D eigenvalue weighted by atomic mass is 10.2. The summed E-state index contributed by atoms with van der Waals surface area (Å²) in [5, 5.41) is 0.253. The lowest BCUT2D eigenvalue weighted by molar-refractivity contribution is -0.131. The average molecular weight is 318 g/mol. The third-order valence-corrected chi connectivity index (χ3v) is 3.38. The molecule has 20 heavy (non-hydrogen) atoms. The van der Waals surface area contributed by atoms with Crippen molar-refractivity contribution in [3.8, 4) is 0 Å². The first-order chi connectivity index (χ1) is 9.50. The summed E-state index contributed by atoms with van der Waals surface area (Å²) in [6.45, 7) is -0.289. The fourth-order valence-electron chi connectivity index (χ4n) is 1.56. The second-order valence-corrected chi connectivity index (χ2v) is 4.62. The van der Waals surface area contributed by atoms with Gasteiger partial charge in [0, 0.05) is 0 Å². The van der Waals surface area contributed by atoms with Crippen molar-refractivity contribution < 1.29 is 23.9 Å². The van der Waals surface area contributed by atoms with Crippen molar-refractivity contribution >= 4 is 41.2 Å². The predicted octanol–water partition coefficient (Wildman–Crippen LogP) is 2.13. The van der Waals surface area contributed by atoms with Crippen LogP contribution in [-0.4, -0.2) is 42.6 Å². The Kier molecular flexibility index (Phi) is 4.46. The van der Waals surface area contributed by atoms with E-state index >= 15 is 0 Å². The molecule has 0 radical (unpaired) electrons. The van der Waals surface area contributed by atoms with Gasteiger partial charge in [-0.3, -0.25) is 4.79 Å². The summed E-state index contributed by atoms with van der Waals surface area (Å²) < 4.78 is 9.41. The van der Waals surface area contributed by atoms with Crippen LogP contribution in [0, 0.1) is 0 Å². The largest absolute Gasteiger partial charge is 0.452 e. The fourth-order valence-corrected chi connectivity index (χ4v) is 1.94. The average Bonchev–Trinajstić information content (AvgIpc) is 2.85. The molecule has 1 saturated heterocycles. The van der Waals surface area contributed by atoms with Gasteiger partial charge < -0.3 is 9.47 Å². The third-order valence-electron chi connectivity index (χ3n) is 2.56. The van der Waals surface area contributed by atoms with Crippen LogP contribution in [0.2, 0.25) is 10.0 Å². The first kappa shape index (κ1) is 14.6. The van der Waals surface area contributed by atoms with Crippen LogP contribution in [0.5, 0.6) is 0 Å². The molecule has 0 bridgehead atoms. The summed E-state index contributed by atoms with van der Waals surface area (Å²) in [5.74, 6) is -1.45. The quantitative estimate of drug-likeness (QED) is 0.798. The van der Waals surface area contributed by atoms with Crippen molar-refractivity contribution in [2.75, 3.05) is 19.8 Å². The van der Waals surface area contributed by atoms with Crippen LogP contribution < -0.4 is 0 Å². The molecule has 0 aromatic heterocycles. The first-order valence-corrected chi connectivity index (χ1v) is 6.34. The molecule has 0 spiro atoms. The second kappa shape index (κ2) is 6.11. The summed E-state index contributed by atoms with van der Waals surface area (Å²) in [6, 6.07) is 4.47. The molecule has 1 heterocycles. The third kappa shape index (κ3) is 3.02. The zero-order chi connectivity index (χ0) is 14.7. The molecule has 1 fully saturated rings. The number of halogens is 2. The van der Waals surface area contributed by atoms with Crippen LogP contribution in [0.25, 0.3) is 0 Å². The molecule has 0 atom stereocenters. The summed E-state index contributed by atoms with van der Waals surface area (Å²) >= 11 is 11.6. The smallest absolute Gasteiger partial charge is 0.416 e. The van der Waals surface area contributed by atoms with Crippen LogP contribution >= 0.6 is 23.2 Å². The van der Waals surface area contributed by atoms with Gasteiger partial charge in [0.05, 0.1) is 22.2 Å². The second-order valence-electron chi connectivity index (χ2n) is 3.84. The molecule has 1 aliphatic heterocycles. The van der Waals surface area contributed by atoms with E-state index in [0.29, 0.717) is 0 Å². The minimum absolute atomic E-state index is 0.0483. The molecular formula is C12H9Cl2NO5. The van der Waals surface area contributed by atoms with E-state index in [0.717, 1.165) is 4.90 Å². The van der Waals surface area contributed by atoms with Crippen molar-refractivity contribution in [1.82, 2.24) is 4.90 Å². The number of benzene rings is 1. The Morgan fingerprint density at radius 2 is 2.10 bits per heavy atom. The Labute approximate surface area is 124 Å². The van der Waals surface area contributed by atoms with E-state index in [-0.39, 0.29) is 28.8 Å². The topological polar surface area (TPSA) is 72.9 Å². The van der Waals surface area contributed by atoms with Gasteiger partial charge in [-0.1, -0.05) is 29.3 Å². The van der Waals surface area contributed by atoms with E-state index in [1.165, 1.54) is 18.2 Å². The van der Waals surface area contributed by atoms with Crippen LogP contribution in [-0.2, 0) is 14.3 Å². The molecule has 0 saturated carbocycles. The number of rotatable bonds is 3. The number of carbonyl (C=O) groups excluding carboxylic acids is 3. The highest BCUT2D eigenvalue weighted by Crippen LogP contribution is 2.25. The number of nitrogens with zero attached hydrogens (tertiary/aromatic N) is 1. The monoisotopic (exact) mass is 317 g/mol. The predicted molar refractivity (Wildman–Crippen MR) is 69.8 cm³/mol. The number of esters is 1. The van der Waals surface area contributed by atoms with Crippen molar-refractivity contribution in [3.63, 3.8) is 0 Å². The van der Waals surface area contributed by atoms with E-state index in [1.54, 1.807) is 0 Å². The Morgan fingerprint density at radius 3 is 2.75 bits per heavy atom. The number of carbonyl (C=O) groups is 3. The zero-order valence-electron chi connectivity index (χ0n) is 10.1. The van der Waals surface area contributed by atoms with E-state index in [2.05, 4.69) is 4.74 Å². The summed E-state index contributed by atoms with van der Waals surface area (Å²) in [6.07, 6.45) is -0.744. The van der Waals surface area contributed by atoms with E-state index in [1.807, 2.05) is 0 Å². The summed E-state index contributed by atoms with van der Waals surface area (Å²) in [7, 11) is 0. The molecule has 0 N–H and O–H groups in total.